The Morgan fingerprint density at radius 1 is 1.44 bits per heavy atom. The van der Waals surface area contributed by atoms with Crippen LogP contribution in [0.5, 0.6) is 6.01 Å². The van der Waals surface area contributed by atoms with Crippen LogP contribution in [-0.2, 0) is 0 Å². The Balaban J connectivity index is 2.66. The fourth-order valence-electron chi connectivity index (χ4n) is 1.30. The molecule has 4 nitrogen and oxygen atoms in total. The summed E-state index contributed by atoms with van der Waals surface area (Å²) in [4.78, 5) is 10.5. The molecule has 0 aliphatic heterocycles. The molecule has 0 saturated heterocycles. The number of ether oxygens (including phenoxy) is 1. The molecule has 2 aromatic rings. The van der Waals surface area contributed by atoms with Gasteiger partial charge >= 0.3 is 0 Å². The molecule has 0 bridgehead atoms. The summed E-state index contributed by atoms with van der Waals surface area (Å²) in [7, 11) is 1.42. The number of H-pyrrole nitrogens is 1. The van der Waals surface area contributed by atoms with Crippen LogP contribution in [0.25, 0.3) is 11.4 Å². The zero-order chi connectivity index (χ0) is 13.3. The van der Waals surface area contributed by atoms with Gasteiger partial charge in [-0.2, -0.15) is 4.98 Å². The van der Waals surface area contributed by atoms with E-state index in [1.807, 2.05) is 0 Å². The van der Waals surface area contributed by atoms with E-state index in [-0.39, 0.29) is 27.2 Å². The van der Waals surface area contributed by atoms with Crippen LogP contribution in [0, 0.1) is 10.6 Å². The standard InChI is InChI=1S/C10H6BrClFN3OS/c1-17-9-14-8(15-10(18)16-9)4-2-3-5(11)6(12)7(4)13/h2-3H,1H3,(H,14,15,16,18). The van der Waals surface area contributed by atoms with Crippen LogP contribution in [0.3, 0.4) is 0 Å². The van der Waals surface area contributed by atoms with E-state index in [0.29, 0.717) is 4.47 Å². The van der Waals surface area contributed by atoms with Crippen LogP contribution in [0.4, 0.5) is 4.39 Å². The molecule has 1 aromatic carbocycles. The molecule has 94 valence electrons. The Morgan fingerprint density at radius 3 is 2.83 bits per heavy atom. The minimum absolute atomic E-state index is 0.0237. The predicted octanol–water partition coefficient (Wildman–Crippen LogP) is 3.76. The number of hydrogen-bond acceptors (Lipinski definition) is 4. The van der Waals surface area contributed by atoms with Gasteiger partial charge in [0, 0.05) is 4.47 Å². The second kappa shape index (κ2) is 5.29. The summed E-state index contributed by atoms with van der Waals surface area (Å²) in [6.07, 6.45) is 0. The van der Waals surface area contributed by atoms with Crippen molar-refractivity contribution in [1.29, 1.82) is 0 Å². The van der Waals surface area contributed by atoms with E-state index in [2.05, 4.69) is 30.9 Å². The molecule has 0 amide bonds. The second-order valence-corrected chi connectivity index (χ2v) is 4.81. The molecule has 8 heteroatoms. The summed E-state index contributed by atoms with van der Waals surface area (Å²) < 4.78 is 19.4. The molecule has 0 aliphatic rings. The number of halogens is 3. The molecule has 0 fully saturated rings. The van der Waals surface area contributed by atoms with Crippen LogP contribution < -0.4 is 4.74 Å². The highest BCUT2D eigenvalue weighted by Gasteiger charge is 2.14. The summed E-state index contributed by atoms with van der Waals surface area (Å²) in [6.45, 7) is 0. The van der Waals surface area contributed by atoms with Gasteiger partial charge in [-0.05, 0) is 40.3 Å². The van der Waals surface area contributed by atoms with Crippen LogP contribution in [-0.4, -0.2) is 22.1 Å². The first-order chi connectivity index (χ1) is 8.52. The van der Waals surface area contributed by atoms with Crippen LogP contribution in [0.15, 0.2) is 16.6 Å². The largest absolute Gasteiger partial charge is 0.468 e. The third kappa shape index (κ3) is 2.52. The van der Waals surface area contributed by atoms with E-state index in [4.69, 9.17) is 28.6 Å². The molecule has 1 heterocycles. The lowest BCUT2D eigenvalue weighted by Crippen LogP contribution is -1.99. The van der Waals surface area contributed by atoms with Gasteiger partial charge in [0.15, 0.2) is 5.82 Å². The molecule has 0 spiro atoms. The summed E-state index contributed by atoms with van der Waals surface area (Å²) in [5.74, 6) is -0.392. The Bertz CT molecular complexity index is 664. The van der Waals surface area contributed by atoms with Gasteiger partial charge in [0.1, 0.15) is 5.82 Å². The Morgan fingerprint density at radius 2 is 2.17 bits per heavy atom. The molecular formula is C10H6BrClFN3OS. The maximum absolute atomic E-state index is 14.0. The lowest BCUT2D eigenvalue weighted by atomic mass is 10.2. The number of aromatic amines is 1. The van der Waals surface area contributed by atoms with Gasteiger partial charge in [0.05, 0.1) is 17.7 Å². The van der Waals surface area contributed by atoms with Gasteiger partial charge in [-0.1, -0.05) is 11.6 Å². The lowest BCUT2D eigenvalue weighted by molar-refractivity contribution is 0.378. The molecule has 18 heavy (non-hydrogen) atoms. The topological polar surface area (TPSA) is 50.8 Å². The molecule has 0 unspecified atom stereocenters. The van der Waals surface area contributed by atoms with Crippen molar-refractivity contribution in [2.24, 2.45) is 0 Å². The number of rotatable bonds is 2. The summed E-state index contributed by atoms with van der Waals surface area (Å²) in [5.41, 5.74) is 0.190. The van der Waals surface area contributed by atoms with Gasteiger partial charge in [-0.3, -0.25) is 4.98 Å². The third-order valence-corrected chi connectivity index (χ3v) is 3.55. The minimum Gasteiger partial charge on any atom is -0.468 e. The smallest absolute Gasteiger partial charge is 0.297 e. The number of aromatic nitrogens is 3. The SMILES string of the molecule is COc1nc(=S)nc(-c2ccc(Br)c(Cl)c2F)[nH]1. The number of nitrogens with zero attached hydrogens (tertiary/aromatic N) is 2. The second-order valence-electron chi connectivity index (χ2n) is 3.21. The van der Waals surface area contributed by atoms with Crippen molar-refractivity contribution in [3.05, 3.63) is 32.2 Å². The van der Waals surface area contributed by atoms with E-state index in [0.717, 1.165) is 0 Å². The van der Waals surface area contributed by atoms with Crippen molar-refractivity contribution < 1.29 is 9.13 Å². The van der Waals surface area contributed by atoms with Crippen LogP contribution in [0.1, 0.15) is 0 Å². The highest BCUT2D eigenvalue weighted by Crippen LogP contribution is 2.31. The first-order valence-corrected chi connectivity index (χ1v) is 6.27. The minimum atomic E-state index is -0.600. The van der Waals surface area contributed by atoms with E-state index < -0.39 is 5.82 Å². The van der Waals surface area contributed by atoms with Crippen molar-refractivity contribution >= 4 is 39.7 Å². The van der Waals surface area contributed by atoms with Gasteiger partial charge in [0.2, 0.25) is 4.77 Å². The Labute approximate surface area is 120 Å². The maximum atomic E-state index is 14.0. The molecule has 1 aromatic heterocycles. The first-order valence-electron chi connectivity index (χ1n) is 4.69. The van der Waals surface area contributed by atoms with E-state index >= 15 is 0 Å². The zero-order valence-corrected chi connectivity index (χ0v) is 12.2. The number of methoxy groups -OCH3 is 1. The van der Waals surface area contributed by atoms with E-state index in [9.17, 15) is 4.39 Å². The Hall–Kier alpha value is -1.05. The average molecular weight is 351 g/mol. The predicted molar refractivity (Wildman–Crippen MR) is 71.9 cm³/mol. The molecule has 0 atom stereocenters. The number of benzene rings is 1. The number of nitrogens with one attached hydrogen (secondary N) is 1. The van der Waals surface area contributed by atoms with Gasteiger partial charge in [-0.25, -0.2) is 9.37 Å². The van der Waals surface area contributed by atoms with Crippen LogP contribution >= 0.6 is 39.7 Å². The van der Waals surface area contributed by atoms with Crippen LogP contribution in [0.2, 0.25) is 5.02 Å². The zero-order valence-electron chi connectivity index (χ0n) is 9.00. The highest BCUT2D eigenvalue weighted by molar-refractivity contribution is 9.10. The lowest BCUT2D eigenvalue weighted by Gasteiger charge is -2.06. The van der Waals surface area contributed by atoms with E-state index in [1.165, 1.54) is 13.2 Å². The molecular weight excluding hydrogens is 345 g/mol. The van der Waals surface area contributed by atoms with E-state index in [1.54, 1.807) is 6.07 Å². The molecule has 1 N–H and O–H groups in total. The third-order valence-electron chi connectivity index (χ3n) is 2.11. The molecule has 0 radical (unpaired) electrons. The van der Waals surface area contributed by atoms with Crippen molar-refractivity contribution in [1.82, 2.24) is 15.0 Å². The highest BCUT2D eigenvalue weighted by atomic mass is 79.9. The van der Waals surface area contributed by atoms with Crippen molar-refractivity contribution in [2.45, 2.75) is 0 Å². The summed E-state index contributed by atoms with van der Waals surface area (Å²) in [6, 6.07) is 3.30. The van der Waals surface area contributed by atoms with Crippen molar-refractivity contribution in [3.8, 4) is 17.4 Å². The summed E-state index contributed by atoms with van der Waals surface area (Å²) >= 11 is 13.8. The normalized spacial score (nSPS) is 10.4. The molecule has 2 rings (SSSR count). The quantitative estimate of drug-likeness (QED) is 0.662. The fraction of sp³-hybridized carbons (Fsp3) is 0.100. The molecule has 0 aliphatic carbocycles. The fourth-order valence-corrected chi connectivity index (χ4v) is 1.94. The van der Waals surface area contributed by atoms with Gasteiger partial charge < -0.3 is 4.74 Å². The van der Waals surface area contributed by atoms with Crippen molar-refractivity contribution in [3.63, 3.8) is 0 Å². The monoisotopic (exact) mass is 349 g/mol. The molecule has 0 saturated carbocycles. The average Bonchev–Trinajstić information content (AvgIpc) is 2.35. The van der Waals surface area contributed by atoms with Gasteiger partial charge in [-0.15, -0.1) is 0 Å². The Kier molecular flexibility index (Phi) is 3.94. The number of hydrogen-bond donors (Lipinski definition) is 1. The summed E-state index contributed by atoms with van der Waals surface area (Å²) in [5, 5.41) is -0.0237. The first kappa shape index (κ1) is 13.4. The van der Waals surface area contributed by atoms with Gasteiger partial charge in [0.25, 0.3) is 6.01 Å². The maximum Gasteiger partial charge on any atom is 0.297 e. The van der Waals surface area contributed by atoms with Crippen molar-refractivity contribution in [2.75, 3.05) is 7.11 Å².